The average molecular weight is 239 g/mol. The molecule has 1 N–H and O–H groups in total. The molecule has 1 atom stereocenters. The lowest BCUT2D eigenvalue weighted by atomic mass is 10.3. The van der Waals surface area contributed by atoms with Crippen molar-refractivity contribution < 1.29 is 14.6 Å². The number of hydrogen-bond donors (Lipinski definition) is 1. The zero-order valence-corrected chi connectivity index (χ0v) is 10.5. The second-order valence-corrected chi connectivity index (χ2v) is 3.83. The van der Waals surface area contributed by atoms with E-state index in [0.29, 0.717) is 11.5 Å². The minimum absolute atomic E-state index is 0.00705. The lowest BCUT2D eigenvalue weighted by Gasteiger charge is -2.24. The zero-order valence-electron chi connectivity index (χ0n) is 10.5. The highest BCUT2D eigenvalue weighted by Crippen LogP contribution is 2.13. The van der Waals surface area contributed by atoms with Gasteiger partial charge in [0.05, 0.1) is 19.8 Å². The molecule has 17 heavy (non-hydrogen) atoms. The summed E-state index contributed by atoms with van der Waals surface area (Å²) in [5, 5.41) is 9.08. The molecule has 1 heterocycles. The molecule has 6 nitrogen and oxygen atoms in total. The van der Waals surface area contributed by atoms with Gasteiger partial charge >= 0.3 is 5.97 Å². The molecule has 0 aromatic carbocycles. The number of methoxy groups -OCH3 is 1. The molecule has 1 unspecified atom stereocenters. The standard InChI is InChI=1S/C11H17N3O3/c1-7-5-9(14(3)8(2)6-15)13-10(12-7)11(16)17-4/h5,8,15H,6H2,1-4H3. The van der Waals surface area contributed by atoms with Crippen LogP contribution < -0.4 is 4.90 Å². The van der Waals surface area contributed by atoms with Crippen LogP contribution in [0.5, 0.6) is 0 Å². The summed E-state index contributed by atoms with van der Waals surface area (Å²) in [5.41, 5.74) is 0.674. The highest BCUT2D eigenvalue weighted by Gasteiger charge is 2.16. The smallest absolute Gasteiger partial charge is 0.376 e. The van der Waals surface area contributed by atoms with Crippen LogP contribution >= 0.6 is 0 Å². The van der Waals surface area contributed by atoms with E-state index in [1.165, 1.54) is 7.11 Å². The van der Waals surface area contributed by atoms with Crippen molar-refractivity contribution in [3.05, 3.63) is 17.6 Å². The third-order valence-corrected chi connectivity index (χ3v) is 2.50. The van der Waals surface area contributed by atoms with Gasteiger partial charge < -0.3 is 14.7 Å². The molecule has 0 amide bonds. The molecule has 0 fully saturated rings. The summed E-state index contributed by atoms with van der Waals surface area (Å²) in [6.07, 6.45) is 0. The van der Waals surface area contributed by atoms with Crippen molar-refractivity contribution in [2.45, 2.75) is 19.9 Å². The summed E-state index contributed by atoms with van der Waals surface area (Å²) in [5.74, 6) is 0.0407. The molecule has 0 aliphatic heterocycles. The SMILES string of the molecule is COC(=O)c1nc(C)cc(N(C)C(C)CO)n1. The predicted molar refractivity (Wildman–Crippen MR) is 63.1 cm³/mol. The Morgan fingerprint density at radius 2 is 2.24 bits per heavy atom. The molecule has 94 valence electrons. The minimum Gasteiger partial charge on any atom is -0.463 e. The molecular formula is C11H17N3O3. The highest BCUT2D eigenvalue weighted by atomic mass is 16.5. The van der Waals surface area contributed by atoms with E-state index in [1.54, 1.807) is 24.9 Å². The zero-order chi connectivity index (χ0) is 13.0. The Bertz CT molecular complexity index is 409. The molecule has 6 heteroatoms. The minimum atomic E-state index is -0.569. The van der Waals surface area contributed by atoms with Gasteiger partial charge in [0.25, 0.3) is 0 Å². The molecule has 0 saturated carbocycles. The number of likely N-dealkylation sites (N-methyl/N-ethyl adjacent to an activating group) is 1. The number of aryl methyl sites for hydroxylation is 1. The van der Waals surface area contributed by atoms with Gasteiger partial charge in [0.15, 0.2) is 0 Å². The van der Waals surface area contributed by atoms with Gasteiger partial charge in [-0.15, -0.1) is 0 Å². The lowest BCUT2D eigenvalue weighted by molar-refractivity contribution is 0.0586. The fraction of sp³-hybridized carbons (Fsp3) is 0.545. The van der Waals surface area contributed by atoms with Gasteiger partial charge in [-0.2, -0.15) is 0 Å². The largest absolute Gasteiger partial charge is 0.463 e. The van der Waals surface area contributed by atoms with Gasteiger partial charge in [-0.05, 0) is 13.8 Å². The molecule has 0 aliphatic carbocycles. The van der Waals surface area contributed by atoms with E-state index in [9.17, 15) is 4.79 Å². The number of carbonyl (C=O) groups is 1. The summed E-state index contributed by atoms with van der Waals surface area (Å²) in [6.45, 7) is 3.64. The third kappa shape index (κ3) is 3.13. The first-order valence-electron chi connectivity index (χ1n) is 5.27. The highest BCUT2D eigenvalue weighted by molar-refractivity contribution is 5.85. The maximum atomic E-state index is 11.4. The Kier molecular flexibility index (Phi) is 4.39. The Hall–Kier alpha value is -1.69. The summed E-state index contributed by atoms with van der Waals surface area (Å²) < 4.78 is 4.58. The van der Waals surface area contributed by atoms with Crippen molar-refractivity contribution in [3.8, 4) is 0 Å². The number of nitrogens with zero attached hydrogens (tertiary/aromatic N) is 3. The van der Waals surface area contributed by atoms with Gasteiger partial charge in [-0.3, -0.25) is 0 Å². The molecule has 1 rings (SSSR count). The second kappa shape index (κ2) is 5.58. The number of aromatic nitrogens is 2. The first kappa shape index (κ1) is 13.4. The fourth-order valence-electron chi connectivity index (χ4n) is 1.26. The number of esters is 1. The van der Waals surface area contributed by atoms with Crippen molar-refractivity contribution in [2.75, 3.05) is 25.7 Å². The first-order valence-corrected chi connectivity index (χ1v) is 5.27. The predicted octanol–water partition coefficient (Wildman–Crippen LogP) is 0.389. The summed E-state index contributed by atoms with van der Waals surface area (Å²) in [6, 6.07) is 1.66. The van der Waals surface area contributed by atoms with Crippen LogP contribution in [0.4, 0.5) is 5.82 Å². The van der Waals surface area contributed by atoms with Gasteiger partial charge in [0.1, 0.15) is 5.82 Å². The number of aliphatic hydroxyl groups is 1. The van der Waals surface area contributed by atoms with Crippen molar-refractivity contribution in [1.29, 1.82) is 0 Å². The van der Waals surface area contributed by atoms with Crippen molar-refractivity contribution in [3.63, 3.8) is 0 Å². The normalized spacial score (nSPS) is 12.1. The van der Waals surface area contributed by atoms with Crippen LogP contribution in [0.15, 0.2) is 6.07 Å². The van der Waals surface area contributed by atoms with Crippen LogP contribution in [0, 0.1) is 6.92 Å². The molecule has 1 aromatic heterocycles. The van der Waals surface area contributed by atoms with Crippen molar-refractivity contribution in [2.24, 2.45) is 0 Å². The van der Waals surface area contributed by atoms with Crippen LogP contribution in [0.3, 0.4) is 0 Å². The molecule has 0 saturated heterocycles. The lowest BCUT2D eigenvalue weighted by Crippen LogP contribution is -2.33. The van der Waals surface area contributed by atoms with Crippen LogP contribution in [-0.2, 0) is 4.74 Å². The van der Waals surface area contributed by atoms with Gasteiger partial charge in [0, 0.05) is 18.8 Å². The number of carbonyl (C=O) groups excluding carboxylic acids is 1. The number of hydrogen-bond acceptors (Lipinski definition) is 6. The quantitative estimate of drug-likeness (QED) is 0.766. The summed E-state index contributed by atoms with van der Waals surface area (Å²) in [4.78, 5) is 21.2. The summed E-state index contributed by atoms with van der Waals surface area (Å²) in [7, 11) is 3.08. The van der Waals surface area contributed by atoms with Gasteiger partial charge in [0.2, 0.25) is 5.82 Å². The molecule has 0 spiro atoms. The van der Waals surface area contributed by atoms with Crippen molar-refractivity contribution in [1.82, 2.24) is 9.97 Å². The molecule has 1 aromatic rings. The Labute approximate surface area is 100 Å². The molecule has 0 radical (unpaired) electrons. The number of aliphatic hydroxyl groups excluding tert-OH is 1. The van der Waals surface area contributed by atoms with Crippen LogP contribution in [-0.4, -0.2) is 47.8 Å². The van der Waals surface area contributed by atoms with E-state index in [4.69, 9.17) is 5.11 Å². The molecule has 0 bridgehead atoms. The maximum absolute atomic E-state index is 11.4. The van der Waals surface area contributed by atoms with Crippen molar-refractivity contribution >= 4 is 11.8 Å². The van der Waals surface area contributed by atoms with Crippen LogP contribution in [0.25, 0.3) is 0 Å². The van der Waals surface area contributed by atoms with Crippen LogP contribution in [0.2, 0.25) is 0 Å². The van der Waals surface area contributed by atoms with Gasteiger partial charge in [-0.1, -0.05) is 0 Å². The van der Waals surface area contributed by atoms with Crippen LogP contribution in [0.1, 0.15) is 23.2 Å². The first-order chi connectivity index (χ1) is 7.99. The Morgan fingerprint density at radius 1 is 1.59 bits per heavy atom. The Balaban J connectivity index is 3.09. The number of ether oxygens (including phenoxy) is 1. The topological polar surface area (TPSA) is 75.5 Å². The second-order valence-electron chi connectivity index (χ2n) is 3.83. The maximum Gasteiger partial charge on any atom is 0.376 e. The van der Waals surface area contributed by atoms with E-state index < -0.39 is 5.97 Å². The van der Waals surface area contributed by atoms with E-state index in [0.717, 1.165) is 0 Å². The third-order valence-electron chi connectivity index (χ3n) is 2.50. The Morgan fingerprint density at radius 3 is 2.76 bits per heavy atom. The van der Waals surface area contributed by atoms with Gasteiger partial charge in [-0.25, -0.2) is 14.8 Å². The molecule has 0 aliphatic rings. The van der Waals surface area contributed by atoms with E-state index in [-0.39, 0.29) is 18.5 Å². The number of anilines is 1. The molecular weight excluding hydrogens is 222 g/mol. The fourth-order valence-corrected chi connectivity index (χ4v) is 1.26. The van der Waals surface area contributed by atoms with E-state index >= 15 is 0 Å². The monoisotopic (exact) mass is 239 g/mol. The average Bonchev–Trinajstić information content (AvgIpc) is 2.35. The van der Waals surface area contributed by atoms with E-state index in [1.807, 2.05) is 6.92 Å². The summed E-state index contributed by atoms with van der Waals surface area (Å²) >= 11 is 0. The van der Waals surface area contributed by atoms with E-state index in [2.05, 4.69) is 14.7 Å². The number of rotatable bonds is 4.